The average molecular weight is 489 g/mol. The van der Waals surface area contributed by atoms with Crippen LogP contribution < -0.4 is 9.80 Å². The van der Waals surface area contributed by atoms with E-state index in [0.29, 0.717) is 38.3 Å². The Kier molecular flexibility index (Phi) is 6.06. The van der Waals surface area contributed by atoms with Crippen molar-refractivity contribution in [3.63, 3.8) is 0 Å². The van der Waals surface area contributed by atoms with Gasteiger partial charge >= 0.3 is 6.18 Å². The molecule has 5 rings (SSSR count). The summed E-state index contributed by atoms with van der Waals surface area (Å²) in [6, 6.07) is 10.3. The molecule has 10 heteroatoms. The summed E-state index contributed by atoms with van der Waals surface area (Å²) in [4.78, 5) is 30.5. The SMILES string of the molecule is O=C([C@@H]1Cc2cc([N+](=O)[O-])ccc2N2CCCC[C@@H]12)N1CCN(c2cccc(C(F)(F)F)c2)CC1. The number of non-ortho nitro benzene ring substituents is 1. The maximum absolute atomic E-state index is 13.7. The number of carbonyl (C=O) groups is 1. The lowest BCUT2D eigenvalue weighted by Gasteiger charge is -2.47. The number of rotatable bonds is 3. The fourth-order valence-corrected chi connectivity index (χ4v) is 5.73. The normalized spacial score (nSPS) is 22.4. The van der Waals surface area contributed by atoms with Crippen LogP contribution in [-0.4, -0.2) is 54.5 Å². The highest BCUT2D eigenvalue weighted by Crippen LogP contribution is 2.40. The second-order valence-corrected chi connectivity index (χ2v) is 9.50. The lowest BCUT2D eigenvalue weighted by molar-refractivity contribution is -0.384. The molecule has 2 aromatic carbocycles. The summed E-state index contributed by atoms with van der Waals surface area (Å²) in [5.74, 6) is -0.257. The fraction of sp³-hybridized carbons (Fsp3) is 0.480. The Balaban J connectivity index is 1.32. The van der Waals surface area contributed by atoms with Gasteiger partial charge in [-0.15, -0.1) is 0 Å². The van der Waals surface area contributed by atoms with E-state index in [-0.39, 0.29) is 23.6 Å². The van der Waals surface area contributed by atoms with Gasteiger partial charge in [0.05, 0.1) is 16.4 Å². The third kappa shape index (κ3) is 4.53. The third-order valence-electron chi connectivity index (χ3n) is 7.48. The van der Waals surface area contributed by atoms with Gasteiger partial charge < -0.3 is 14.7 Å². The summed E-state index contributed by atoms with van der Waals surface area (Å²) < 4.78 is 39.3. The van der Waals surface area contributed by atoms with E-state index >= 15 is 0 Å². The zero-order chi connectivity index (χ0) is 24.7. The van der Waals surface area contributed by atoms with E-state index in [0.717, 1.165) is 49.2 Å². The highest BCUT2D eigenvalue weighted by atomic mass is 19.4. The van der Waals surface area contributed by atoms with Crippen molar-refractivity contribution in [2.45, 2.75) is 37.9 Å². The largest absolute Gasteiger partial charge is 0.416 e. The van der Waals surface area contributed by atoms with Gasteiger partial charge in [-0.1, -0.05) is 6.07 Å². The van der Waals surface area contributed by atoms with E-state index in [2.05, 4.69) is 4.90 Å². The van der Waals surface area contributed by atoms with Crippen molar-refractivity contribution in [3.05, 3.63) is 63.7 Å². The molecule has 7 nitrogen and oxygen atoms in total. The molecule has 2 saturated heterocycles. The molecule has 186 valence electrons. The van der Waals surface area contributed by atoms with E-state index in [1.54, 1.807) is 18.2 Å². The van der Waals surface area contributed by atoms with E-state index in [4.69, 9.17) is 0 Å². The smallest absolute Gasteiger partial charge is 0.368 e. The lowest BCUT2D eigenvalue weighted by Crippen LogP contribution is -2.57. The Morgan fingerprint density at radius 2 is 1.77 bits per heavy atom. The maximum atomic E-state index is 13.7. The second kappa shape index (κ2) is 9.05. The first-order valence-corrected chi connectivity index (χ1v) is 12.0. The van der Waals surface area contributed by atoms with Crippen LogP contribution in [0.25, 0.3) is 0 Å². The van der Waals surface area contributed by atoms with E-state index in [1.807, 2.05) is 9.80 Å². The van der Waals surface area contributed by atoms with Crippen LogP contribution in [0.4, 0.5) is 30.2 Å². The molecule has 2 fully saturated rings. The molecule has 0 bridgehead atoms. The minimum Gasteiger partial charge on any atom is -0.368 e. The molecular weight excluding hydrogens is 461 g/mol. The number of anilines is 2. The van der Waals surface area contributed by atoms with E-state index < -0.39 is 16.7 Å². The predicted octanol–water partition coefficient (Wildman–Crippen LogP) is 4.49. The topological polar surface area (TPSA) is 69.9 Å². The predicted molar refractivity (Wildman–Crippen MR) is 126 cm³/mol. The van der Waals surface area contributed by atoms with Gasteiger partial charge in [-0.3, -0.25) is 14.9 Å². The first kappa shape index (κ1) is 23.4. The minimum atomic E-state index is -4.40. The zero-order valence-electron chi connectivity index (χ0n) is 19.2. The number of benzene rings is 2. The second-order valence-electron chi connectivity index (χ2n) is 9.50. The Bertz CT molecular complexity index is 1130. The number of amides is 1. The number of piperazine rings is 1. The molecule has 0 radical (unpaired) electrons. The Hall–Kier alpha value is -3.30. The molecule has 0 spiro atoms. The molecular formula is C25H27F3N4O3. The van der Waals surface area contributed by atoms with Crippen molar-refractivity contribution in [3.8, 4) is 0 Å². The van der Waals surface area contributed by atoms with Crippen LogP contribution in [0.1, 0.15) is 30.4 Å². The molecule has 0 N–H and O–H groups in total. The van der Waals surface area contributed by atoms with Gasteiger partial charge in [-0.05, 0) is 55.5 Å². The Labute approximate surface area is 201 Å². The highest BCUT2D eigenvalue weighted by Gasteiger charge is 2.42. The van der Waals surface area contributed by atoms with Gasteiger partial charge in [-0.2, -0.15) is 13.2 Å². The Morgan fingerprint density at radius 3 is 2.49 bits per heavy atom. The maximum Gasteiger partial charge on any atom is 0.416 e. The van der Waals surface area contributed by atoms with E-state index in [1.165, 1.54) is 12.1 Å². The van der Waals surface area contributed by atoms with Gasteiger partial charge in [0.2, 0.25) is 5.91 Å². The van der Waals surface area contributed by atoms with Crippen LogP contribution in [0, 0.1) is 16.0 Å². The van der Waals surface area contributed by atoms with Crippen LogP contribution >= 0.6 is 0 Å². The van der Waals surface area contributed by atoms with Gasteiger partial charge in [-0.25, -0.2) is 0 Å². The van der Waals surface area contributed by atoms with Crippen LogP contribution in [0.5, 0.6) is 0 Å². The van der Waals surface area contributed by atoms with Crippen LogP contribution in [0.15, 0.2) is 42.5 Å². The number of fused-ring (bicyclic) bond motifs is 3. The number of nitro groups is 1. The number of carbonyl (C=O) groups excluding carboxylic acids is 1. The molecule has 3 aliphatic rings. The first-order chi connectivity index (χ1) is 16.7. The molecule has 3 aliphatic heterocycles. The highest BCUT2D eigenvalue weighted by molar-refractivity contribution is 5.82. The average Bonchev–Trinajstić information content (AvgIpc) is 2.87. The van der Waals surface area contributed by atoms with Crippen molar-refractivity contribution in [2.24, 2.45) is 5.92 Å². The standard InChI is InChI=1S/C25H27F3N4O3/c26-25(27,28)18-4-3-5-19(16-18)29-10-12-30(13-11-29)24(33)21-15-17-14-20(32(34)35)7-8-22(17)31-9-2-1-6-23(21)31/h3-5,7-8,14,16,21,23H,1-2,6,9-13,15H2/t21-,23+/m1/s1. The summed E-state index contributed by atoms with van der Waals surface area (Å²) >= 11 is 0. The van der Waals surface area contributed by atoms with Crippen molar-refractivity contribution in [1.82, 2.24) is 4.90 Å². The Morgan fingerprint density at radius 1 is 1.00 bits per heavy atom. The van der Waals surface area contributed by atoms with Gasteiger partial charge in [0.15, 0.2) is 0 Å². The van der Waals surface area contributed by atoms with Crippen molar-refractivity contribution < 1.29 is 22.9 Å². The molecule has 0 unspecified atom stereocenters. The third-order valence-corrected chi connectivity index (χ3v) is 7.48. The number of hydrogen-bond donors (Lipinski definition) is 0. The summed E-state index contributed by atoms with van der Waals surface area (Å²) in [5.41, 5.74) is 1.67. The van der Waals surface area contributed by atoms with Crippen LogP contribution in [0.3, 0.4) is 0 Å². The number of hydrogen-bond acceptors (Lipinski definition) is 5. The number of alkyl halides is 3. The molecule has 0 aromatic heterocycles. The number of nitrogens with zero attached hydrogens (tertiary/aromatic N) is 4. The van der Waals surface area contributed by atoms with Crippen LogP contribution in [-0.2, 0) is 17.4 Å². The molecule has 35 heavy (non-hydrogen) atoms. The molecule has 0 aliphatic carbocycles. The molecule has 3 heterocycles. The lowest BCUT2D eigenvalue weighted by atomic mass is 9.80. The summed E-state index contributed by atoms with van der Waals surface area (Å²) in [7, 11) is 0. The molecule has 2 aromatic rings. The van der Waals surface area contributed by atoms with Gasteiger partial charge in [0.25, 0.3) is 5.69 Å². The van der Waals surface area contributed by atoms with Crippen molar-refractivity contribution in [2.75, 3.05) is 42.5 Å². The monoisotopic (exact) mass is 488 g/mol. The summed E-state index contributed by atoms with van der Waals surface area (Å²) in [5, 5.41) is 11.3. The number of halogens is 3. The number of nitro benzene ring substituents is 1. The van der Waals surface area contributed by atoms with Crippen LogP contribution in [0.2, 0.25) is 0 Å². The molecule has 2 atom stereocenters. The first-order valence-electron chi connectivity index (χ1n) is 12.0. The van der Waals surface area contributed by atoms with Crippen molar-refractivity contribution in [1.29, 1.82) is 0 Å². The fourth-order valence-electron chi connectivity index (χ4n) is 5.73. The van der Waals surface area contributed by atoms with Gasteiger partial charge in [0, 0.05) is 62.3 Å². The molecule has 0 saturated carbocycles. The number of piperidine rings is 1. The van der Waals surface area contributed by atoms with Gasteiger partial charge in [0.1, 0.15) is 0 Å². The molecule has 1 amide bonds. The minimum absolute atomic E-state index is 0.0279. The summed E-state index contributed by atoms with van der Waals surface area (Å²) in [6.07, 6.45) is -0.978. The zero-order valence-corrected chi connectivity index (χ0v) is 19.2. The van der Waals surface area contributed by atoms with Crippen molar-refractivity contribution >= 4 is 23.0 Å². The van der Waals surface area contributed by atoms with E-state index in [9.17, 15) is 28.1 Å². The summed E-state index contributed by atoms with van der Waals surface area (Å²) in [6.45, 7) is 2.59. The quantitative estimate of drug-likeness (QED) is 0.470.